The summed E-state index contributed by atoms with van der Waals surface area (Å²) < 4.78 is 0. The molecule has 0 amide bonds. The van der Waals surface area contributed by atoms with E-state index in [1.165, 1.54) is 44.9 Å². The lowest BCUT2D eigenvalue weighted by Gasteiger charge is -2.46. The second-order valence-electron chi connectivity index (χ2n) is 12.4. The van der Waals surface area contributed by atoms with E-state index in [-0.39, 0.29) is 11.1 Å². The van der Waals surface area contributed by atoms with Crippen molar-refractivity contribution >= 4 is 0 Å². The molecule has 2 heteroatoms. The first-order chi connectivity index (χ1) is 12.3. The van der Waals surface area contributed by atoms with E-state index in [2.05, 4.69) is 55.4 Å². The van der Waals surface area contributed by atoms with Crippen molar-refractivity contribution in [2.75, 3.05) is 0 Å². The molecule has 2 nitrogen and oxygen atoms in total. The van der Waals surface area contributed by atoms with Crippen LogP contribution in [0.1, 0.15) is 100 Å². The highest BCUT2D eigenvalue weighted by Gasteiger charge is 2.40. The minimum atomic E-state index is -0.0410. The lowest BCUT2D eigenvalue weighted by molar-refractivity contribution is 0.0640. The molecule has 6 unspecified atom stereocenters. The van der Waals surface area contributed by atoms with Crippen molar-refractivity contribution in [3.05, 3.63) is 0 Å². The van der Waals surface area contributed by atoms with Crippen molar-refractivity contribution in [3.63, 3.8) is 0 Å². The van der Waals surface area contributed by atoms with E-state index >= 15 is 0 Å². The zero-order valence-corrected chi connectivity index (χ0v) is 19.7. The molecule has 6 atom stereocenters. The Kier molecular flexibility index (Phi) is 7.51. The van der Waals surface area contributed by atoms with Gasteiger partial charge in [-0.15, -0.1) is 0 Å². The van der Waals surface area contributed by atoms with Gasteiger partial charge < -0.3 is 11.5 Å². The first kappa shape index (κ1) is 23.2. The van der Waals surface area contributed by atoms with Gasteiger partial charge in [-0.2, -0.15) is 0 Å². The standard InChI is InChI=1S/C25H50N2/c1-16(2)20-10-18(12-22(14-20)24(5,6)26)9-19-11-21(17(3)4)15-23(13-19)25(7,8)27/h16-23H,9-15,26-27H2,1-8H3. The van der Waals surface area contributed by atoms with Crippen molar-refractivity contribution in [2.24, 2.45) is 58.8 Å². The zero-order valence-electron chi connectivity index (χ0n) is 19.7. The molecule has 0 aliphatic heterocycles. The van der Waals surface area contributed by atoms with Crippen LogP contribution < -0.4 is 11.5 Å². The van der Waals surface area contributed by atoms with Crippen molar-refractivity contribution in [3.8, 4) is 0 Å². The van der Waals surface area contributed by atoms with E-state index in [0.717, 1.165) is 35.5 Å². The van der Waals surface area contributed by atoms with Gasteiger partial charge in [0, 0.05) is 11.1 Å². The lowest BCUT2D eigenvalue weighted by atomic mass is 9.61. The van der Waals surface area contributed by atoms with E-state index < -0.39 is 0 Å². The molecule has 0 aromatic rings. The SMILES string of the molecule is CC(C)C1CC(CC2CC(C(C)C)CC(C(C)(C)N)C2)CC(C(C)(C)N)C1. The third-order valence-electron chi connectivity index (χ3n) is 8.34. The fraction of sp³-hybridized carbons (Fsp3) is 1.00. The van der Waals surface area contributed by atoms with Gasteiger partial charge in [-0.3, -0.25) is 0 Å². The summed E-state index contributed by atoms with van der Waals surface area (Å²) in [4.78, 5) is 0. The number of nitrogens with two attached hydrogens (primary N) is 2. The molecule has 0 spiro atoms. The number of rotatable bonds is 6. The molecule has 2 saturated carbocycles. The van der Waals surface area contributed by atoms with Crippen LogP contribution in [0.3, 0.4) is 0 Å². The van der Waals surface area contributed by atoms with Gasteiger partial charge in [0.2, 0.25) is 0 Å². The van der Waals surface area contributed by atoms with Crippen molar-refractivity contribution in [2.45, 2.75) is 111 Å². The number of hydrogen-bond acceptors (Lipinski definition) is 2. The molecule has 2 aliphatic carbocycles. The fourth-order valence-electron chi connectivity index (χ4n) is 6.13. The van der Waals surface area contributed by atoms with E-state index in [1.54, 1.807) is 0 Å². The van der Waals surface area contributed by atoms with Crippen LogP contribution in [0.25, 0.3) is 0 Å². The van der Waals surface area contributed by atoms with Gasteiger partial charge in [-0.1, -0.05) is 27.7 Å². The minimum Gasteiger partial charge on any atom is -0.325 e. The Morgan fingerprint density at radius 3 is 1.22 bits per heavy atom. The largest absolute Gasteiger partial charge is 0.325 e. The topological polar surface area (TPSA) is 52.0 Å². The third kappa shape index (κ3) is 6.46. The van der Waals surface area contributed by atoms with E-state index in [4.69, 9.17) is 11.5 Å². The second-order valence-corrected chi connectivity index (χ2v) is 12.4. The minimum absolute atomic E-state index is 0.0410. The summed E-state index contributed by atoms with van der Waals surface area (Å²) in [6, 6.07) is 0. The molecular formula is C25H50N2. The summed E-state index contributed by atoms with van der Waals surface area (Å²) >= 11 is 0. The zero-order chi connectivity index (χ0) is 20.6. The monoisotopic (exact) mass is 378 g/mol. The predicted molar refractivity (Wildman–Crippen MR) is 119 cm³/mol. The first-order valence-corrected chi connectivity index (χ1v) is 11.8. The van der Waals surface area contributed by atoms with Gasteiger partial charge >= 0.3 is 0 Å². The van der Waals surface area contributed by atoms with Gasteiger partial charge in [0.05, 0.1) is 0 Å². The van der Waals surface area contributed by atoms with Crippen LogP contribution in [0.5, 0.6) is 0 Å². The quantitative estimate of drug-likeness (QED) is 0.575. The molecule has 0 bridgehead atoms. The van der Waals surface area contributed by atoms with Gasteiger partial charge in [0.25, 0.3) is 0 Å². The Bertz CT molecular complexity index is 412. The maximum absolute atomic E-state index is 6.59. The van der Waals surface area contributed by atoms with Crippen LogP contribution in [0.15, 0.2) is 0 Å². The molecular weight excluding hydrogens is 328 g/mol. The molecule has 27 heavy (non-hydrogen) atoms. The van der Waals surface area contributed by atoms with Crippen LogP contribution >= 0.6 is 0 Å². The molecule has 4 N–H and O–H groups in total. The summed E-state index contributed by atoms with van der Waals surface area (Å²) in [6.45, 7) is 18.7. The highest BCUT2D eigenvalue weighted by Crippen LogP contribution is 2.47. The highest BCUT2D eigenvalue weighted by molar-refractivity contribution is 4.94. The molecule has 2 aliphatic rings. The number of hydrogen-bond donors (Lipinski definition) is 2. The highest BCUT2D eigenvalue weighted by atomic mass is 14.7. The molecule has 0 saturated heterocycles. The van der Waals surface area contributed by atoms with Gasteiger partial charge in [-0.05, 0) is 120 Å². The van der Waals surface area contributed by atoms with Crippen LogP contribution in [0.2, 0.25) is 0 Å². The van der Waals surface area contributed by atoms with Crippen molar-refractivity contribution in [1.29, 1.82) is 0 Å². The smallest absolute Gasteiger partial charge is 0.0126 e. The Morgan fingerprint density at radius 2 is 0.963 bits per heavy atom. The van der Waals surface area contributed by atoms with Gasteiger partial charge in [0.15, 0.2) is 0 Å². The van der Waals surface area contributed by atoms with E-state index in [9.17, 15) is 0 Å². The van der Waals surface area contributed by atoms with Gasteiger partial charge in [0.1, 0.15) is 0 Å². The van der Waals surface area contributed by atoms with Crippen LogP contribution in [-0.2, 0) is 0 Å². The molecule has 2 fully saturated rings. The molecule has 0 heterocycles. The predicted octanol–water partition coefficient (Wildman–Crippen LogP) is 6.23. The Morgan fingerprint density at radius 1 is 0.630 bits per heavy atom. The van der Waals surface area contributed by atoms with Crippen molar-refractivity contribution < 1.29 is 0 Å². The molecule has 0 aromatic carbocycles. The van der Waals surface area contributed by atoms with E-state index in [1.807, 2.05) is 0 Å². The second kappa shape index (κ2) is 8.74. The molecule has 160 valence electrons. The normalized spacial score (nSPS) is 36.4. The maximum Gasteiger partial charge on any atom is 0.0126 e. The third-order valence-corrected chi connectivity index (χ3v) is 8.34. The van der Waals surface area contributed by atoms with E-state index in [0.29, 0.717) is 11.8 Å². The Hall–Kier alpha value is -0.0800. The van der Waals surface area contributed by atoms with Gasteiger partial charge in [-0.25, -0.2) is 0 Å². The fourth-order valence-corrected chi connectivity index (χ4v) is 6.13. The summed E-state index contributed by atoms with van der Waals surface area (Å²) in [5, 5.41) is 0. The van der Waals surface area contributed by atoms with Crippen LogP contribution in [0.4, 0.5) is 0 Å². The average Bonchev–Trinajstić information content (AvgIpc) is 2.52. The maximum atomic E-state index is 6.59. The van der Waals surface area contributed by atoms with Crippen LogP contribution in [0, 0.1) is 47.3 Å². The summed E-state index contributed by atoms with van der Waals surface area (Å²) in [5.41, 5.74) is 13.1. The van der Waals surface area contributed by atoms with Crippen molar-refractivity contribution in [1.82, 2.24) is 0 Å². The molecule has 0 aromatic heterocycles. The average molecular weight is 379 g/mol. The first-order valence-electron chi connectivity index (χ1n) is 11.8. The van der Waals surface area contributed by atoms with Crippen LogP contribution in [-0.4, -0.2) is 11.1 Å². The molecule has 2 rings (SSSR count). The molecule has 0 radical (unpaired) electrons. The summed E-state index contributed by atoms with van der Waals surface area (Å²) in [5.74, 6) is 6.33. The lowest BCUT2D eigenvalue weighted by Crippen LogP contribution is -2.47. The Balaban J connectivity index is 2.10. The Labute approximate surface area is 170 Å². The summed E-state index contributed by atoms with van der Waals surface area (Å²) in [6.07, 6.45) is 9.59. The summed E-state index contributed by atoms with van der Waals surface area (Å²) in [7, 11) is 0.